The van der Waals surface area contributed by atoms with Crippen molar-refractivity contribution in [3.05, 3.63) is 29.8 Å². The number of nitrogens with two attached hydrogens (primary N) is 1. The van der Waals surface area contributed by atoms with Crippen LogP contribution in [0.4, 0.5) is 0 Å². The van der Waals surface area contributed by atoms with Crippen molar-refractivity contribution < 1.29 is 13.2 Å². The summed E-state index contributed by atoms with van der Waals surface area (Å²) in [4.78, 5) is 0.157. The van der Waals surface area contributed by atoms with Gasteiger partial charge in [-0.3, -0.25) is 0 Å². The van der Waals surface area contributed by atoms with Crippen molar-refractivity contribution in [2.75, 3.05) is 19.7 Å². The Kier molecular flexibility index (Phi) is 6.68. The number of hydrogen-bond acceptors (Lipinski definition) is 4. The molecule has 1 unspecified atom stereocenters. The van der Waals surface area contributed by atoms with Crippen LogP contribution in [-0.4, -0.2) is 34.2 Å². The molecule has 0 fully saturated rings. The van der Waals surface area contributed by atoms with Gasteiger partial charge in [-0.1, -0.05) is 24.0 Å². The Morgan fingerprint density at radius 2 is 2.10 bits per heavy atom. The zero-order valence-corrected chi connectivity index (χ0v) is 12.5. The lowest BCUT2D eigenvalue weighted by Gasteiger charge is -2.13. The molecule has 0 saturated carbocycles. The molecule has 0 saturated heterocycles. The molecule has 1 aromatic rings. The number of hydrogen-bond donors (Lipinski definition) is 2. The summed E-state index contributed by atoms with van der Waals surface area (Å²) in [6.07, 6.45) is -0.183. The van der Waals surface area contributed by atoms with E-state index in [1.54, 1.807) is 18.2 Å². The van der Waals surface area contributed by atoms with Gasteiger partial charge in [-0.25, -0.2) is 13.1 Å². The average molecular weight is 296 g/mol. The van der Waals surface area contributed by atoms with E-state index >= 15 is 0 Å². The number of ether oxygens (including phenoxy) is 1. The maximum Gasteiger partial charge on any atom is 0.241 e. The Labute approximate surface area is 120 Å². The molecule has 0 aliphatic rings. The first-order chi connectivity index (χ1) is 9.51. The summed E-state index contributed by atoms with van der Waals surface area (Å²) in [5.74, 6) is 5.43. The second kappa shape index (κ2) is 8.02. The third-order valence-corrected chi connectivity index (χ3v) is 4.00. The minimum atomic E-state index is -3.61. The molecule has 0 radical (unpaired) electrons. The molecule has 1 rings (SSSR count). The third kappa shape index (κ3) is 4.94. The molecule has 0 aliphatic heterocycles. The van der Waals surface area contributed by atoms with Gasteiger partial charge in [0.1, 0.15) is 0 Å². The molecule has 1 aromatic carbocycles. The molecule has 0 aliphatic carbocycles. The van der Waals surface area contributed by atoms with Crippen LogP contribution in [0, 0.1) is 11.8 Å². The molecule has 6 heteroatoms. The van der Waals surface area contributed by atoms with Crippen LogP contribution in [0.3, 0.4) is 0 Å². The standard InChI is InChI=1S/C14H20N2O3S/c1-3-19-12(2)11-16-20(17,18)14-9-5-4-7-13(14)8-6-10-15/h4-5,7,9,12,16H,3,10-11,15H2,1-2H3. The molecular formula is C14H20N2O3S. The first-order valence-electron chi connectivity index (χ1n) is 6.40. The topological polar surface area (TPSA) is 81.4 Å². The van der Waals surface area contributed by atoms with Gasteiger partial charge in [0.05, 0.1) is 17.5 Å². The lowest BCUT2D eigenvalue weighted by Crippen LogP contribution is -2.32. The van der Waals surface area contributed by atoms with Crippen molar-refractivity contribution >= 4 is 10.0 Å². The normalized spacial score (nSPS) is 12.6. The number of benzene rings is 1. The van der Waals surface area contributed by atoms with Crippen molar-refractivity contribution in [3.8, 4) is 11.8 Å². The molecule has 0 spiro atoms. The highest BCUT2D eigenvalue weighted by Gasteiger charge is 2.18. The smallest absolute Gasteiger partial charge is 0.241 e. The van der Waals surface area contributed by atoms with Gasteiger partial charge in [-0.05, 0) is 26.0 Å². The highest BCUT2D eigenvalue weighted by Crippen LogP contribution is 2.14. The zero-order chi connectivity index (χ0) is 15.0. The Morgan fingerprint density at radius 1 is 1.40 bits per heavy atom. The molecule has 1 atom stereocenters. The van der Waals surface area contributed by atoms with Crippen LogP contribution in [0.2, 0.25) is 0 Å². The van der Waals surface area contributed by atoms with Gasteiger partial charge in [0.2, 0.25) is 10.0 Å². The van der Waals surface area contributed by atoms with E-state index in [9.17, 15) is 8.42 Å². The monoisotopic (exact) mass is 296 g/mol. The van der Waals surface area contributed by atoms with E-state index in [0.29, 0.717) is 12.2 Å². The van der Waals surface area contributed by atoms with Gasteiger partial charge in [-0.2, -0.15) is 0 Å². The van der Waals surface area contributed by atoms with Crippen LogP contribution in [0.5, 0.6) is 0 Å². The summed E-state index contributed by atoms with van der Waals surface area (Å²) < 4.78 is 32.3. The summed E-state index contributed by atoms with van der Waals surface area (Å²) in [5.41, 5.74) is 5.75. The first-order valence-corrected chi connectivity index (χ1v) is 7.88. The minimum Gasteiger partial charge on any atom is -0.377 e. The average Bonchev–Trinajstić information content (AvgIpc) is 2.44. The minimum absolute atomic E-state index is 0.157. The van der Waals surface area contributed by atoms with Gasteiger partial charge in [0, 0.05) is 18.7 Å². The van der Waals surface area contributed by atoms with E-state index < -0.39 is 10.0 Å². The fourth-order valence-corrected chi connectivity index (χ4v) is 2.87. The van der Waals surface area contributed by atoms with E-state index in [1.165, 1.54) is 6.07 Å². The second-order valence-corrected chi connectivity index (χ2v) is 5.86. The quantitative estimate of drug-likeness (QED) is 0.757. The highest BCUT2D eigenvalue weighted by molar-refractivity contribution is 7.89. The van der Waals surface area contributed by atoms with E-state index in [2.05, 4.69) is 16.6 Å². The van der Waals surface area contributed by atoms with Crippen molar-refractivity contribution in [3.63, 3.8) is 0 Å². The van der Waals surface area contributed by atoms with E-state index in [4.69, 9.17) is 10.5 Å². The number of nitrogens with one attached hydrogen (secondary N) is 1. The van der Waals surface area contributed by atoms with Gasteiger partial charge in [0.15, 0.2) is 0 Å². The van der Waals surface area contributed by atoms with Gasteiger partial charge in [-0.15, -0.1) is 0 Å². The van der Waals surface area contributed by atoms with Crippen LogP contribution in [0.1, 0.15) is 19.4 Å². The number of rotatable bonds is 6. The molecule has 0 heterocycles. The summed E-state index contributed by atoms with van der Waals surface area (Å²) in [5, 5.41) is 0. The lowest BCUT2D eigenvalue weighted by molar-refractivity contribution is 0.0799. The van der Waals surface area contributed by atoms with Crippen molar-refractivity contribution in [1.29, 1.82) is 0 Å². The predicted molar refractivity (Wildman–Crippen MR) is 78.7 cm³/mol. The van der Waals surface area contributed by atoms with Crippen LogP contribution >= 0.6 is 0 Å². The lowest BCUT2D eigenvalue weighted by atomic mass is 10.2. The third-order valence-electron chi connectivity index (χ3n) is 2.51. The SMILES string of the molecule is CCOC(C)CNS(=O)(=O)c1ccccc1C#CCN. The van der Waals surface area contributed by atoms with Crippen LogP contribution in [0.25, 0.3) is 0 Å². The fraction of sp³-hybridized carbons (Fsp3) is 0.429. The predicted octanol–water partition coefficient (Wildman–Crippen LogP) is 0.700. The van der Waals surface area contributed by atoms with Gasteiger partial charge in [0.25, 0.3) is 0 Å². The van der Waals surface area contributed by atoms with Crippen molar-refractivity contribution in [2.24, 2.45) is 5.73 Å². The maximum atomic E-state index is 12.3. The van der Waals surface area contributed by atoms with Crippen molar-refractivity contribution in [1.82, 2.24) is 4.72 Å². The Bertz CT molecular complexity index is 588. The van der Waals surface area contributed by atoms with Crippen molar-refractivity contribution in [2.45, 2.75) is 24.8 Å². The fourth-order valence-electron chi connectivity index (χ4n) is 1.60. The zero-order valence-electron chi connectivity index (χ0n) is 11.7. The first kappa shape index (κ1) is 16.7. The Hall–Kier alpha value is -1.39. The van der Waals surface area contributed by atoms with Gasteiger partial charge < -0.3 is 10.5 Å². The van der Waals surface area contributed by atoms with E-state index in [-0.39, 0.29) is 24.1 Å². The summed E-state index contributed by atoms with van der Waals surface area (Å²) in [6, 6.07) is 6.58. The maximum absolute atomic E-state index is 12.3. The second-order valence-electron chi connectivity index (χ2n) is 4.12. The highest BCUT2D eigenvalue weighted by atomic mass is 32.2. The molecule has 0 bridgehead atoms. The van der Waals surface area contributed by atoms with Gasteiger partial charge >= 0.3 is 0 Å². The molecule has 20 heavy (non-hydrogen) atoms. The molecule has 0 amide bonds. The molecule has 0 aromatic heterocycles. The molecule has 110 valence electrons. The summed E-state index contributed by atoms with van der Waals surface area (Å²) in [6.45, 7) is 4.62. The molecule has 3 N–H and O–H groups in total. The Morgan fingerprint density at radius 3 is 2.75 bits per heavy atom. The van der Waals surface area contributed by atoms with E-state index in [0.717, 1.165) is 0 Å². The molecule has 5 nitrogen and oxygen atoms in total. The summed E-state index contributed by atoms with van der Waals surface area (Å²) >= 11 is 0. The largest absolute Gasteiger partial charge is 0.377 e. The van der Waals surface area contributed by atoms with Crippen LogP contribution < -0.4 is 10.5 Å². The Balaban J connectivity index is 2.92. The number of sulfonamides is 1. The van der Waals surface area contributed by atoms with E-state index in [1.807, 2.05) is 13.8 Å². The molecular weight excluding hydrogens is 276 g/mol. The summed E-state index contributed by atoms with van der Waals surface area (Å²) in [7, 11) is -3.61. The van der Waals surface area contributed by atoms with Crippen LogP contribution in [-0.2, 0) is 14.8 Å². The van der Waals surface area contributed by atoms with Crippen LogP contribution in [0.15, 0.2) is 29.2 Å².